The second-order valence-electron chi connectivity index (χ2n) is 2.52. The highest BCUT2D eigenvalue weighted by Gasteiger charge is 2.26. The molecule has 0 saturated carbocycles. The van der Waals surface area contributed by atoms with E-state index in [1.165, 1.54) is 0 Å². The second kappa shape index (κ2) is 3.25. The minimum atomic E-state index is -4.47. The van der Waals surface area contributed by atoms with Gasteiger partial charge in [-0.15, -0.1) is 11.6 Å². The summed E-state index contributed by atoms with van der Waals surface area (Å²) in [7, 11) is -4.47. The lowest BCUT2D eigenvalue weighted by Crippen LogP contribution is -2.36. The van der Waals surface area contributed by atoms with Crippen LogP contribution in [0.4, 0.5) is 3.89 Å². The van der Waals surface area contributed by atoms with Crippen molar-refractivity contribution in [2.45, 2.75) is 18.2 Å². The fourth-order valence-electron chi connectivity index (χ4n) is 1.04. The molecule has 1 rings (SSSR count). The van der Waals surface area contributed by atoms with Crippen molar-refractivity contribution < 1.29 is 12.3 Å². The Bertz CT molecular complexity index is 223. The molecule has 0 radical (unpaired) electrons. The molecule has 0 spiro atoms. The number of nitrogens with zero attached hydrogens (tertiary/aromatic N) is 1. The predicted molar refractivity (Wildman–Crippen MR) is 40.5 cm³/mol. The Morgan fingerprint density at radius 2 is 1.82 bits per heavy atom. The van der Waals surface area contributed by atoms with Gasteiger partial charge in [-0.3, -0.25) is 0 Å². The first-order valence-electron chi connectivity index (χ1n) is 3.34. The number of hydrogen-bond donors (Lipinski definition) is 0. The summed E-state index contributed by atoms with van der Waals surface area (Å²) in [4.78, 5) is 0. The molecule has 3 nitrogen and oxygen atoms in total. The fraction of sp³-hybridized carbons (Fsp3) is 1.00. The number of alkyl halides is 1. The maximum absolute atomic E-state index is 12.3. The van der Waals surface area contributed by atoms with E-state index in [2.05, 4.69) is 0 Å². The van der Waals surface area contributed by atoms with Crippen LogP contribution in [0.5, 0.6) is 0 Å². The van der Waals surface area contributed by atoms with Gasteiger partial charge in [-0.05, 0) is 12.8 Å². The molecule has 1 aliphatic heterocycles. The standard InChI is InChI=1S/C5H9ClFNO2S/c6-5-1-3-8(4-2-5)11(7,9)10/h5H,1-4H2. The van der Waals surface area contributed by atoms with E-state index in [1.54, 1.807) is 0 Å². The lowest BCUT2D eigenvalue weighted by atomic mass is 10.2. The zero-order valence-electron chi connectivity index (χ0n) is 5.83. The molecule has 0 aromatic carbocycles. The van der Waals surface area contributed by atoms with E-state index in [4.69, 9.17) is 11.6 Å². The third kappa shape index (κ3) is 2.57. The lowest BCUT2D eigenvalue weighted by Gasteiger charge is -2.24. The first kappa shape index (κ1) is 9.22. The lowest BCUT2D eigenvalue weighted by molar-refractivity contribution is 0.332. The topological polar surface area (TPSA) is 37.4 Å². The minimum Gasteiger partial charge on any atom is -0.177 e. The Labute approximate surface area is 70.5 Å². The molecular formula is C5H9ClFNO2S. The minimum absolute atomic E-state index is 0.00648. The highest BCUT2D eigenvalue weighted by Crippen LogP contribution is 2.18. The first-order valence-corrected chi connectivity index (χ1v) is 5.11. The number of hydrogen-bond acceptors (Lipinski definition) is 2. The van der Waals surface area contributed by atoms with E-state index in [0.717, 1.165) is 4.31 Å². The van der Waals surface area contributed by atoms with Gasteiger partial charge in [0, 0.05) is 18.5 Å². The molecule has 0 N–H and O–H groups in total. The van der Waals surface area contributed by atoms with Gasteiger partial charge in [0.1, 0.15) is 0 Å². The Hall–Kier alpha value is 0.130. The van der Waals surface area contributed by atoms with Gasteiger partial charge in [-0.1, -0.05) is 3.89 Å². The van der Waals surface area contributed by atoms with Gasteiger partial charge >= 0.3 is 10.4 Å². The first-order chi connectivity index (χ1) is 5.00. The van der Waals surface area contributed by atoms with Crippen molar-refractivity contribution in [3.63, 3.8) is 0 Å². The summed E-state index contributed by atoms with van der Waals surface area (Å²) in [5.41, 5.74) is 0. The quantitative estimate of drug-likeness (QED) is 0.467. The zero-order valence-corrected chi connectivity index (χ0v) is 7.41. The van der Waals surface area contributed by atoms with Crippen LogP contribution in [0.15, 0.2) is 0 Å². The van der Waals surface area contributed by atoms with Gasteiger partial charge in [-0.25, -0.2) is 0 Å². The van der Waals surface area contributed by atoms with Gasteiger partial charge in [0.15, 0.2) is 0 Å². The van der Waals surface area contributed by atoms with Crippen LogP contribution in [0, 0.1) is 0 Å². The molecular weight excluding hydrogens is 193 g/mol. The van der Waals surface area contributed by atoms with Crippen molar-refractivity contribution in [3.8, 4) is 0 Å². The fourth-order valence-corrected chi connectivity index (χ4v) is 1.88. The largest absolute Gasteiger partial charge is 0.374 e. The Kier molecular flexibility index (Phi) is 2.72. The molecule has 0 aliphatic carbocycles. The molecule has 0 amide bonds. The van der Waals surface area contributed by atoms with E-state index in [9.17, 15) is 12.3 Å². The van der Waals surface area contributed by atoms with Crippen molar-refractivity contribution in [1.82, 2.24) is 4.31 Å². The third-order valence-electron chi connectivity index (χ3n) is 1.69. The predicted octanol–water partition coefficient (Wildman–Crippen LogP) is 0.904. The summed E-state index contributed by atoms with van der Waals surface area (Å²) in [6.07, 6.45) is 1.06. The summed E-state index contributed by atoms with van der Waals surface area (Å²) < 4.78 is 33.7. The molecule has 0 unspecified atom stereocenters. The van der Waals surface area contributed by atoms with Crippen LogP contribution in [0.1, 0.15) is 12.8 Å². The molecule has 66 valence electrons. The molecule has 0 aromatic rings. The normalized spacial score (nSPS) is 23.8. The van der Waals surface area contributed by atoms with Crippen molar-refractivity contribution >= 4 is 22.0 Å². The molecule has 1 saturated heterocycles. The van der Waals surface area contributed by atoms with Crippen LogP contribution in [-0.2, 0) is 10.4 Å². The van der Waals surface area contributed by atoms with Crippen molar-refractivity contribution in [3.05, 3.63) is 0 Å². The molecule has 0 atom stereocenters. The third-order valence-corrected chi connectivity index (χ3v) is 3.11. The van der Waals surface area contributed by atoms with E-state index < -0.39 is 10.4 Å². The zero-order chi connectivity index (χ0) is 8.48. The van der Waals surface area contributed by atoms with E-state index >= 15 is 0 Å². The maximum Gasteiger partial charge on any atom is 0.374 e. The molecule has 1 heterocycles. The Morgan fingerprint density at radius 1 is 1.36 bits per heavy atom. The number of rotatable bonds is 1. The van der Waals surface area contributed by atoms with E-state index in [1.807, 2.05) is 0 Å². The average Bonchev–Trinajstić information content (AvgIpc) is 1.86. The van der Waals surface area contributed by atoms with Crippen LogP contribution in [0.3, 0.4) is 0 Å². The molecule has 0 aromatic heterocycles. The number of piperidine rings is 1. The van der Waals surface area contributed by atoms with Gasteiger partial charge < -0.3 is 0 Å². The highest BCUT2D eigenvalue weighted by atomic mass is 35.5. The highest BCUT2D eigenvalue weighted by molar-refractivity contribution is 7.83. The molecule has 1 aliphatic rings. The molecule has 6 heteroatoms. The van der Waals surface area contributed by atoms with Gasteiger partial charge in [-0.2, -0.15) is 12.7 Å². The summed E-state index contributed by atoms with van der Waals surface area (Å²) in [5, 5.41) is -0.00648. The summed E-state index contributed by atoms with van der Waals surface area (Å²) in [5.74, 6) is 0. The number of halogens is 2. The van der Waals surface area contributed by atoms with Crippen LogP contribution in [-0.4, -0.2) is 31.2 Å². The summed E-state index contributed by atoms with van der Waals surface area (Å²) in [6.45, 7) is 0.403. The molecule has 0 bridgehead atoms. The van der Waals surface area contributed by atoms with Crippen molar-refractivity contribution in [2.75, 3.05) is 13.1 Å². The van der Waals surface area contributed by atoms with Gasteiger partial charge in [0.2, 0.25) is 0 Å². The van der Waals surface area contributed by atoms with Crippen LogP contribution < -0.4 is 0 Å². The second-order valence-corrected chi connectivity index (χ2v) is 4.47. The van der Waals surface area contributed by atoms with E-state index in [-0.39, 0.29) is 18.5 Å². The van der Waals surface area contributed by atoms with Crippen molar-refractivity contribution in [1.29, 1.82) is 0 Å². The molecule has 1 fully saturated rings. The Balaban J connectivity index is 2.53. The van der Waals surface area contributed by atoms with E-state index in [0.29, 0.717) is 12.8 Å². The monoisotopic (exact) mass is 201 g/mol. The van der Waals surface area contributed by atoms with Crippen LogP contribution in [0.2, 0.25) is 0 Å². The average molecular weight is 202 g/mol. The summed E-state index contributed by atoms with van der Waals surface area (Å²) in [6, 6.07) is 0. The van der Waals surface area contributed by atoms with Crippen LogP contribution >= 0.6 is 11.6 Å². The van der Waals surface area contributed by atoms with Crippen LogP contribution in [0.25, 0.3) is 0 Å². The maximum atomic E-state index is 12.3. The Morgan fingerprint density at radius 3 is 2.18 bits per heavy atom. The summed E-state index contributed by atoms with van der Waals surface area (Å²) >= 11 is 5.69. The van der Waals surface area contributed by atoms with Gasteiger partial charge in [0.25, 0.3) is 0 Å². The van der Waals surface area contributed by atoms with Crippen molar-refractivity contribution in [2.24, 2.45) is 0 Å². The van der Waals surface area contributed by atoms with Gasteiger partial charge in [0.05, 0.1) is 0 Å². The molecule has 11 heavy (non-hydrogen) atoms. The SMILES string of the molecule is O=S(=O)(F)N1CCC(Cl)CC1. The smallest absolute Gasteiger partial charge is 0.177 e.